The zero-order valence-corrected chi connectivity index (χ0v) is 12.3. The van der Waals surface area contributed by atoms with Crippen molar-refractivity contribution in [1.29, 1.82) is 0 Å². The maximum atomic E-state index is 11.7. The number of amides is 1. The molecular weight excluding hydrogens is 303 g/mol. The molecule has 2 aromatic rings. The highest BCUT2D eigenvalue weighted by Crippen LogP contribution is 2.22. The second-order valence-electron chi connectivity index (χ2n) is 3.78. The molecule has 0 spiro atoms. The summed E-state index contributed by atoms with van der Waals surface area (Å²) < 4.78 is 0. The highest BCUT2D eigenvalue weighted by molar-refractivity contribution is 7.13. The summed E-state index contributed by atoms with van der Waals surface area (Å²) in [5, 5.41) is 6.19. The third-order valence-electron chi connectivity index (χ3n) is 2.23. The molecule has 0 fully saturated rings. The van der Waals surface area contributed by atoms with E-state index >= 15 is 0 Å². The molecule has 0 aliphatic heterocycles. The summed E-state index contributed by atoms with van der Waals surface area (Å²) in [7, 11) is 0. The Morgan fingerprint density at radius 2 is 2.21 bits per heavy atom. The minimum Gasteiger partial charge on any atom is -0.298 e. The molecule has 2 rings (SSSR count). The van der Waals surface area contributed by atoms with Crippen molar-refractivity contribution in [1.82, 2.24) is 4.98 Å². The molecule has 3 nitrogen and oxygen atoms in total. The largest absolute Gasteiger partial charge is 0.298 e. The maximum absolute atomic E-state index is 11.7. The Bertz CT molecular complexity index is 637. The second-order valence-corrected chi connectivity index (χ2v) is 5.48. The molecule has 0 aliphatic rings. The minimum atomic E-state index is -0.250. The van der Waals surface area contributed by atoms with Gasteiger partial charge in [0.25, 0.3) is 0 Å². The smallest absolute Gasteiger partial charge is 0.250 e. The number of aromatic nitrogens is 1. The first-order valence-electron chi connectivity index (χ1n) is 5.41. The quantitative estimate of drug-likeness (QED) is 0.853. The first-order chi connectivity index (χ1) is 9.04. The Balaban J connectivity index is 2.03. The summed E-state index contributed by atoms with van der Waals surface area (Å²) in [6, 6.07) is 5.10. The molecule has 0 aliphatic carbocycles. The zero-order chi connectivity index (χ0) is 13.8. The summed E-state index contributed by atoms with van der Waals surface area (Å²) in [4.78, 5) is 15.8. The minimum absolute atomic E-state index is 0.250. The van der Waals surface area contributed by atoms with E-state index in [1.54, 1.807) is 24.3 Å². The number of benzene rings is 1. The summed E-state index contributed by atoms with van der Waals surface area (Å²) in [6.45, 7) is 1.87. The number of halogens is 2. The van der Waals surface area contributed by atoms with Gasteiger partial charge >= 0.3 is 0 Å². The molecule has 0 atom stereocenters. The maximum Gasteiger partial charge on any atom is 0.250 e. The van der Waals surface area contributed by atoms with Crippen LogP contribution in [0.3, 0.4) is 0 Å². The van der Waals surface area contributed by atoms with Gasteiger partial charge in [-0.25, -0.2) is 4.98 Å². The van der Waals surface area contributed by atoms with E-state index in [2.05, 4.69) is 10.3 Å². The Kier molecular flexibility index (Phi) is 4.58. The number of rotatable bonds is 3. The van der Waals surface area contributed by atoms with Gasteiger partial charge in [0.2, 0.25) is 5.91 Å². The number of thiazole rings is 1. The number of hydrogen-bond donors (Lipinski definition) is 1. The van der Waals surface area contributed by atoms with E-state index in [0.29, 0.717) is 15.2 Å². The predicted molar refractivity (Wildman–Crippen MR) is 81.0 cm³/mol. The van der Waals surface area contributed by atoms with Crippen LogP contribution < -0.4 is 5.32 Å². The van der Waals surface area contributed by atoms with Gasteiger partial charge in [-0.1, -0.05) is 29.3 Å². The lowest BCUT2D eigenvalue weighted by Crippen LogP contribution is -2.07. The van der Waals surface area contributed by atoms with E-state index < -0.39 is 0 Å². The van der Waals surface area contributed by atoms with Crippen LogP contribution in [0.2, 0.25) is 10.0 Å². The summed E-state index contributed by atoms with van der Waals surface area (Å²) in [6.07, 6.45) is 3.04. The van der Waals surface area contributed by atoms with Crippen LogP contribution in [0.15, 0.2) is 29.7 Å². The van der Waals surface area contributed by atoms with E-state index in [0.717, 1.165) is 11.3 Å². The van der Waals surface area contributed by atoms with Crippen LogP contribution >= 0.6 is 34.5 Å². The van der Waals surface area contributed by atoms with E-state index in [1.807, 2.05) is 12.3 Å². The van der Waals surface area contributed by atoms with Crippen LogP contribution in [-0.2, 0) is 4.79 Å². The Morgan fingerprint density at radius 1 is 1.42 bits per heavy atom. The van der Waals surface area contributed by atoms with Gasteiger partial charge in [-0.05, 0) is 30.7 Å². The number of nitrogens with zero attached hydrogens (tertiary/aromatic N) is 1. The van der Waals surface area contributed by atoms with E-state index in [1.165, 1.54) is 17.4 Å². The summed E-state index contributed by atoms with van der Waals surface area (Å²) in [5.41, 5.74) is 1.61. The van der Waals surface area contributed by atoms with Crippen LogP contribution in [0.4, 0.5) is 5.13 Å². The first kappa shape index (κ1) is 14.1. The van der Waals surface area contributed by atoms with Crippen molar-refractivity contribution < 1.29 is 4.79 Å². The molecule has 1 aromatic heterocycles. The van der Waals surface area contributed by atoms with Crippen molar-refractivity contribution in [3.63, 3.8) is 0 Å². The Hall–Kier alpha value is -1.36. The first-order valence-corrected chi connectivity index (χ1v) is 7.04. The van der Waals surface area contributed by atoms with Gasteiger partial charge in [0.05, 0.1) is 5.69 Å². The number of hydrogen-bond acceptors (Lipinski definition) is 3. The monoisotopic (exact) mass is 312 g/mol. The Labute approximate surface area is 124 Å². The molecule has 0 bridgehead atoms. The van der Waals surface area contributed by atoms with Crippen LogP contribution in [0, 0.1) is 6.92 Å². The van der Waals surface area contributed by atoms with E-state index in [4.69, 9.17) is 23.2 Å². The molecule has 98 valence electrons. The summed E-state index contributed by atoms with van der Waals surface area (Å²) in [5.74, 6) is -0.250. The molecular formula is C13H10Cl2N2OS. The number of aryl methyl sites for hydroxylation is 1. The SMILES string of the molecule is Cc1csc(NC(=O)/C=C\c2ccc(Cl)cc2Cl)n1. The van der Waals surface area contributed by atoms with Crippen molar-refractivity contribution in [3.8, 4) is 0 Å². The normalized spacial score (nSPS) is 10.9. The standard InChI is InChI=1S/C13H10Cl2N2OS/c1-8-7-19-13(16-8)17-12(18)5-3-9-2-4-10(14)6-11(9)15/h2-7H,1H3,(H,16,17,18)/b5-3-. The fourth-order valence-electron chi connectivity index (χ4n) is 1.36. The van der Waals surface area contributed by atoms with Crippen molar-refractivity contribution in [2.75, 3.05) is 5.32 Å². The molecule has 0 saturated heterocycles. The highest BCUT2D eigenvalue weighted by atomic mass is 35.5. The van der Waals surface area contributed by atoms with Crippen molar-refractivity contribution in [2.45, 2.75) is 6.92 Å². The third-order valence-corrected chi connectivity index (χ3v) is 3.66. The van der Waals surface area contributed by atoms with Crippen molar-refractivity contribution in [3.05, 3.63) is 51.0 Å². The van der Waals surface area contributed by atoms with Gasteiger partial charge < -0.3 is 0 Å². The molecule has 0 saturated carbocycles. The zero-order valence-electron chi connectivity index (χ0n) is 9.98. The van der Waals surface area contributed by atoms with Gasteiger partial charge in [-0.3, -0.25) is 10.1 Å². The average Bonchev–Trinajstić information content (AvgIpc) is 2.73. The van der Waals surface area contributed by atoms with E-state index in [-0.39, 0.29) is 5.91 Å². The highest BCUT2D eigenvalue weighted by Gasteiger charge is 2.02. The van der Waals surface area contributed by atoms with Crippen LogP contribution in [0.5, 0.6) is 0 Å². The fourth-order valence-corrected chi connectivity index (χ4v) is 2.52. The molecule has 19 heavy (non-hydrogen) atoms. The fraction of sp³-hybridized carbons (Fsp3) is 0.0769. The summed E-state index contributed by atoms with van der Waals surface area (Å²) >= 11 is 13.2. The molecule has 1 N–H and O–H groups in total. The van der Waals surface area contributed by atoms with Crippen LogP contribution in [-0.4, -0.2) is 10.9 Å². The molecule has 1 amide bonds. The van der Waals surface area contributed by atoms with Crippen molar-refractivity contribution >= 4 is 51.7 Å². The third kappa shape index (κ3) is 4.06. The van der Waals surface area contributed by atoms with Gasteiger partial charge in [0.15, 0.2) is 5.13 Å². The lowest BCUT2D eigenvalue weighted by Gasteiger charge is -1.99. The molecule has 1 aromatic carbocycles. The van der Waals surface area contributed by atoms with Crippen molar-refractivity contribution in [2.24, 2.45) is 0 Å². The number of carbonyl (C=O) groups excluding carboxylic acids is 1. The molecule has 1 heterocycles. The average molecular weight is 313 g/mol. The molecule has 6 heteroatoms. The molecule has 0 radical (unpaired) electrons. The number of carbonyl (C=O) groups is 1. The van der Waals surface area contributed by atoms with Gasteiger partial charge in [-0.15, -0.1) is 11.3 Å². The van der Waals surface area contributed by atoms with Crippen LogP contribution in [0.25, 0.3) is 6.08 Å². The number of anilines is 1. The lowest BCUT2D eigenvalue weighted by atomic mass is 10.2. The number of nitrogens with one attached hydrogen (secondary N) is 1. The van der Waals surface area contributed by atoms with Gasteiger partial charge in [-0.2, -0.15) is 0 Å². The Morgan fingerprint density at radius 3 is 2.84 bits per heavy atom. The molecule has 0 unspecified atom stereocenters. The predicted octanol–water partition coefficient (Wildman–Crippen LogP) is 4.41. The van der Waals surface area contributed by atoms with Crippen LogP contribution in [0.1, 0.15) is 11.3 Å². The van der Waals surface area contributed by atoms with E-state index in [9.17, 15) is 4.79 Å². The van der Waals surface area contributed by atoms with Gasteiger partial charge in [0, 0.05) is 21.5 Å². The lowest BCUT2D eigenvalue weighted by molar-refractivity contribution is -0.111. The van der Waals surface area contributed by atoms with Gasteiger partial charge in [0.1, 0.15) is 0 Å². The second kappa shape index (κ2) is 6.19. The topological polar surface area (TPSA) is 42.0 Å².